The van der Waals surface area contributed by atoms with Crippen LogP contribution in [0.3, 0.4) is 0 Å². The lowest BCUT2D eigenvalue weighted by atomic mass is 9.98. The standard InChI is InChI=1S/C24H34N2O5/c1-17(2)12-15-30-21-11-7-6-10-19(21)24(29)26-14-13-25-23(28)20(26)16-22(27)31-18-8-4-3-5-9-18/h6-7,10-11,17-18,20H,3-5,8-9,12-16H2,1-2H3,(H,25,28)/t20-/m0/s1. The average molecular weight is 431 g/mol. The highest BCUT2D eigenvalue weighted by Gasteiger charge is 2.37. The summed E-state index contributed by atoms with van der Waals surface area (Å²) in [5.41, 5.74) is 0.409. The lowest BCUT2D eigenvalue weighted by Gasteiger charge is -2.35. The van der Waals surface area contributed by atoms with Gasteiger partial charge in [-0.2, -0.15) is 0 Å². The van der Waals surface area contributed by atoms with Crippen molar-refractivity contribution >= 4 is 17.8 Å². The SMILES string of the molecule is CC(C)CCOc1ccccc1C(=O)N1CCNC(=O)[C@@H]1CC(=O)OC1CCCCC1. The van der Waals surface area contributed by atoms with E-state index in [1.807, 2.05) is 6.07 Å². The van der Waals surface area contributed by atoms with E-state index in [4.69, 9.17) is 9.47 Å². The smallest absolute Gasteiger partial charge is 0.308 e. The number of hydrogen-bond donors (Lipinski definition) is 1. The van der Waals surface area contributed by atoms with E-state index in [-0.39, 0.29) is 24.3 Å². The van der Waals surface area contributed by atoms with E-state index in [0.717, 1.165) is 32.1 Å². The molecule has 2 amide bonds. The third kappa shape index (κ3) is 6.45. The molecule has 2 fully saturated rings. The predicted molar refractivity (Wildman–Crippen MR) is 117 cm³/mol. The molecule has 1 saturated heterocycles. The minimum Gasteiger partial charge on any atom is -0.493 e. The number of nitrogens with one attached hydrogen (secondary N) is 1. The molecule has 7 nitrogen and oxygen atoms in total. The van der Waals surface area contributed by atoms with Gasteiger partial charge in [-0.15, -0.1) is 0 Å². The van der Waals surface area contributed by atoms with Gasteiger partial charge in [-0.3, -0.25) is 14.4 Å². The molecule has 1 aromatic carbocycles. The average Bonchev–Trinajstić information content (AvgIpc) is 2.75. The number of para-hydroxylation sites is 1. The van der Waals surface area contributed by atoms with Gasteiger partial charge in [0.1, 0.15) is 17.9 Å². The first kappa shape index (κ1) is 23.1. The van der Waals surface area contributed by atoms with Gasteiger partial charge in [0.15, 0.2) is 0 Å². The monoisotopic (exact) mass is 430 g/mol. The number of amides is 2. The zero-order valence-electron chi connectivity index (χ0n) is 18.6. The van der Waals surface area contributed by atoms with Crippen molar-refractivity contribution in [2.24, 2.45) is 5.92 Å². The van der Waals surface area contributed by atoms with Crippen LogP contribution in [0.25, 0.3) is 0 Å². The first-order chi connectivity index (χ1) is 15.0. The molecule has 0 bridgehead atoms. The van der Waals surface area contributed by atoms with Gasteiger partial charge in [-0.1, -0.05) is 32.4 Å². The Morgan fingerprint density at radius 3 is 2.65 bits per heavy atom. The molecule has 1 heterocycles. The zero-order chi connectivity index (χ0) is 22.2. The number of carbonyl (C=O) groups is 3. The summed E-state index contributed by atoms with van der Waals surface area (Å²) in [6.45, 7) is 5.44. The summed E-state index contributed by atoms with van der Waals surface area (Å²) in [5.74, 6) is -0.0482. The second kappa shape index (κ2) is 11.2. The minimum absolute atomic E-state index is 0.0767. The molecule has 31 heavy (non-hydrogen) atoms. The van der Waals surface area contributed by atoms with Gasteiger partial charge in [0.2, 0.25) is 5.91 Å². The number of piperazine rings is 1. The van der Waals surface area contributed by atoms with Crippen LogP contribution >= 0.6 is 0 Å². The highest BCUT2D eigenvalue weighted by atomic mass is 16.5. The summed E-state index contributed by atoms with van der Waals surface area (Å²) < 4.78 is 11.5. The molecule has 3 rings (SSSR count). The number of rotatable bonds is 8. The Balaban J connectivity index is 1.69. The fourth-order valence-electron chi connectivity index (χ4n) is 4.06. The van der Waals surface area contributed by atoms with Crippen molar-refractivity contribution in [3.8, 4) is 5.75 Å². The van der Waals surface area contributed by atoms with Crippen LogP contribution in [0, 0.1) is 5.92 Å². The zero-order valence-corrected chi connectivity index (χ0v) is 18.6. The summed E-state index contributed by atoms with van der Waals surface area (Å²) in [6.07, 6.45) is 5.68. The van der Waals surface area contributed by atoms with Crippen molar-refractivity contribution in [3.63, 3.8) is 0 Å². The maximum atomic E-state index is 13.4. The minimum atomic E-state index is -0.874. The Morgan fingerprint density at radius 2 is 1.90 bits per heavy atom. The maximum Gasteiger partial charge on any atom is 0.308 e. The van der Waals surface area contributed by atoms with Gasteiger partial charge < -0.3 is 19.7 Å². The Labute approximate surface area is 184 Å². The molecular weight excluding hydrogens is 396 g/mol. The quantitative estimate of drug-likeness (QED) is 0.640. The summed E-state index contributed by atoms with van der Waals surface area (Å²) in [4.78, 5) is 39.9. The van der Waals surface area contributed by atoms with Gasteiger partial charge in [-0.25, -0.2) is 0 Å². The predicted octanol–water partition coefficient (Wildman–Crippen LogP) is 3.32. The third-order valence-corrected chi connectivity index (χ3v) is 5.87. The largest absolute Gasteiger partial charge is 0.493 e. The molecule has 0 unspecified atom stereocenters. The highest BCUT2D eigenvalue weighted by Crippen LogP contribution is 2.24. The Kier molecular flexibility index (Phi) is 8.32. The van der Waals surface area contributed by atoms with Crippen LogP contribution < -0.4 is 10.1 Å². The van der Waals surface area contributed by atoms with Gasteiger partial charge in [0, 0.05) is 13.1 Å². The molecule has 2 aliphatic rings. The van der Waals surface area contributed by atoms with Gasteiger partial charge >= 0.3 is 5.97 Å². The number of nitrogens with zero attached hydrogens (tertiary/aromatic N) is 1. The van der Waals surface area contributed by atoms with E-state index < -0.39 is 12.0 Å². The number of benzene rings is 1. The van der Waals surface area contributed by atoms with Crippen molar-refractivity contribution in [1.82, 2.24) is 10.2 Å². The van der Waals surface area contributed by atoms with Crippen LogP contribution in [0.4, 0.5) is 0 Å². The normalized spacial score (nSPS) is 19.8. The molecule has 1 atom stereocenters. The van der Waals surface area contributed by atoms with Crippen molar-refractivity contribution in [2.45, 2.75) is 70.9 Å². The number of hydrogen-bond acceptors (Lipinski definition) is 5. The molecule has 1 saturated carbocycles. The Hall–Kier alpha value is -2.57. The van der Waals surface area contributed by atoms with Crippen LogP contribution in [0.2, 0.25) is 0 Å². The van der Waals surface area contributed by atoms with Gasteiger partial charge in [0.05, 0.1) is 18.6 Å². The topological polar surface area (TPSA) is 84.9 Å². The summed E-state index contributed by atoms with van der Waals surface area (Å²) in [6, 6.07) is 6.20. The van der Waals surface area contributed by atoms with Crippen molar-refractivity contribution in [2.75, 3.05) is 19.7 Å². The van der Waals surface area contributed by atoms with Crippen molar-refractivity contribution in [1.29, 1.82) is 0 Å². The van der Waals surface area contributed by atoms with Crippen LogP contribution in [-0.2, 0) is 14.3 Å². The molecular formula is C24H34N2O5. The second-order valence-electron chi connectivity index (χ2n) is 8.79. The summed E-state index contributed by atoms with van der Waals surface area (Å²) >= 11 is 0. The number of carbonyl (C=O) groups excluding carboxylic acids is 3. The van der Waals surface area contributed by atoms with Crippen LogP contribution in [0.15, 0.2) is 24.3 Å². The van der Waals surface area contributed by atoms with E-state index >= 15 is 0 Å². The molecule has 1 aromatic rings. The molecule has 1 N–H and O–H groups in total. The molecule has 0 spiro atoms. The van der Waals surface area contributed by atoms with E-state index in [9.17, 15) is 14.4 Å². The lowest BCUT2D eigenvalue weighted by molar-refractivity contribution is -0.153. The van der Waals surface area contributed by atoms with Crippen molar-refractivity contribution in [3.05, 3.63) is 29.8 Å². The fourth-order valence-corrected chi connectivity index (χ4v) is 4.06. The fraction of sp³-hybridized carbons (Fsp3) is 0.625. The first-order valence-electron chi connectivity index (χ1n) is 11.5. The highest BCUT2D eigenvalue weighted by molar-refractivity contribution is 6.01. The van der Waals surface area contributed by atoms with E-state index in [1.54, 1.807) is 18.2 Å². The molecule has 1 aliphatic carbocycles. The second-order valence-corrected chi connectivity index (χ2v) is 8.79. The number of esters is 1. The molecule has 0 radical (unpaired) electrons. The third-order valence-electron chi connectivity index (χ3n) is 5.87. The van der Waals surface area contributed by atoms with Crippen LogP contribution in [-0.4, -0.2) is 54.5 Å². The maximum absolute atomic E-state index is 13.4. The van der Waals surface area contributed by atoms with E-state index in [2.05, 4.69) is 19.2 Å². The molecule has 7 heteroatoms. The number of ether oxygens (including phenoxy) is 2. The molecule has 170 valence electrons. The van der Waals surface area contributed by atoms with Crippen LogP contribution in [0.1, 0.15) is 69.2 Å². The first-order valence-corrected chi connectivity index (χ1v) is 11.5. The molecule has 1 aliphatic heterocycles. The van der Waals surface area contributed by atoms with E-state index in [0.29, 0.717) is 36.9 Å². The molecule has 0 aromatic heterocycles. The van der Waals surface area contributed by atoms with Gasteiger partial charge in [-0.05, 0) is 50.2 Å². The summed E-state index contributed by atoms with van der Waals surface area (Å²) in [7, 11) is 0. The Morgan fingerprint density at radius 1 is 1.16 bits per heavy atom. The van der Waals surface area contributed by atoms with Crippen molar-refractivity contribution < 1.29 is 23.9 Å². The lowest BCUT2D eigenvalue weighted by Crippen LogP contribution is -2.58. The van der Waals surface area contributed by atoms with Gasteiger partial charge in [0.25, 0.3) is 5.91 Å². The van der Waals surface area contributed by atoms with E-state index in [1.165, 1.54) is 11.3 Å². The Bertz CT molecular complexity index is 773. The van der Waals surface area contributed by atoms with Crippen LogP contribution in [0.5, 0.6) is 5.75 Å². The summed E-state index contributed by atoms with van der Waals surface area (Å²) in [5, 5.41) is 2.77.